The highest BCUT2D eigenvalue weighted by molar-refractivity contribution is 6.67. The minimum absolute atomic E-state index is 0. The molecule has 2 aromatic rings. The number of carbonyl (C=O) groups excluding carboxylic acids is 1. The zero-order valence-electron chi connectivity index (χ0n) is 6.48. The van der Waals surface area contributed by atoms with Crippen molar-refractivity contribution in [3.63, 3.8) is 0 Å². The number of carbonyl (C=O) groups is 1. The number of fused-ring (bicyclic) bond motifs is 1. The Labute approximate surface area is 85.8 Å². The highest BCUT2D eigenvalue weighted by Crippen LogP contribution is 2.07. The minimum atomic E-state index is -0.492. The van der Waals surface area contributed by atoms with Gasteiger partial charge in [-0.25, -0.2) is 4.98 Å². The molecular weight excluding hydrogens is 211 g/mol. The summed E-state index contributed by atoms with van der Waals surface area (Å²) >= 11 is 5.32. The first-order chi connectivity index (χ1) is 5.79. The first kappa shape index (κ1) is 10.0. The molecule has 5 heteroatoms. The Morgan fingerprint density at radius 2 is 2.23 bits per heavy atom. The van der Waals surface area contributed by atoms with E-state index in [0.717, 1.165) is 5.65 Å². The zero-order chi connectivity index (χ0) is 8.55. The van der Waals surface area contributed by atoms with E-state index in [4.69, 9.17) is 11.6 Å². The van der Waals surface area contributed by atoms with Crippen LogP contribution in [-0.4, -0.2) is 14.6 Å². The minimum Gasteiger partial charge on any atom is -0.296 e. The Bertz CT molecular complexity index is 438. The average Bonchev–Trinajstić information content (AvgIpc) is 2.47. The Morgan fingerprint density at radius 3 is 2.92 bits per heavy atom. The van der Waals surface area contributed by atoms with E-state index >= 15 is 0 Å². The van der Waals surface area contributed by atoms with Gasteiger partial charge in [0.2, 0.25) is 0 Å². The van der Waals surface area contributed by atoms with Crippen LogP contribution in [0.1, 0.15) is 10.5 Å². The average molecular weight is 217 g/mol. The van der Waals surface area contributed by atoms with E-state index < -0.39 is 5.24 Å². The highest BCUT2D eigenvalue weighted by Gasteiger charge is 2.07. The summed E-state index contributed by atoms with van der Waals surface area (Å²) in [4.78, 5) is 14.8. The van der Waals surface area contributed by atoms with Gasteiger partial charge in [-0.2, -0.15) is 0 Å². The molecule has 0 aromatic carbocycles. The molecule has 13 heavy (non-hydrogen) atoms. The lowest BCUT2D eigenvalue weighted by atomic mass is 10.4. The fourth-order valence-corrected chi connectivity index (χ4v) is 1.22. The second-order valence-corrected chi connectivity index (χ2v) is 2.69. The summed E-state index contributed by atoms with van der Waals surface area (Å²) in [7, 11) is 0. The van der Waals surface area contributed by atoms with Crippen LogP contribution < -0.4 is 0 Å². The molecule has 0 aliphatic carbocycles. The van der Waals surface area contributed by atoms with E-state index in [1.54, 1.807) is 10.6 Å². The van der Waals surface area contributed by atoms with Crippen molar-refractivity contribution in [2.24, 2.45) is 0 Å². The van der Waals surface area contributed by atoms with Crippen LogP contribution in [0.3, 0.4) is 0 Å². The number of hydrogen-bond acceptors (Lipinski definition) is 2. The maximum Gasteiger partial charge on any atom is 0.270 e. The van der Waals surface area contributed by atoms with Gasteiger partial charge in [-0.3, -0.25) is 9.20 Å². The second kappa shape index (κ2) is 3.77. The number of pyridine rings is 1. The first-order valence-electron chi connectivity index (χ1n) is 3.41. The smallest absolute Gasteiger partial charge is 0.270 e. The highest BCUT2D eigenvalue weighted by atomic mass is 35.5. The van der Waals surface area contributed by atoms with Gasteiger partial charge in [-0.05, 0) is 23.7 Å². The second-order valence-electron chi connectivity index (χ2n) is 2.35. The monoisotopic (exact) mass is 216 g/mol. The Hall–Kier alpha value is -1.06. The van der Waals surface area contributed by atoms with E-state index in [9.17, 15) is 4.79 Å². The third kappa shape index (κ3) is 1.66. The predicted octanol–water partition coefficient (Wildman–Crippen LogP) is 2.14. The summed E-state index contributed by atoms with van der Waals surface area (Å²) in [5.74, 6) is 0. The molecule has 0 bridgehead atoms. The van der Waals surface area contributed by atoms with Crippen LogP contribution in [0.2, 0.25) is 0 Å². The molecule has 0 atom stereocenters. The van der Waals surface area contributed by atoms with E-state index in [2.05, 4.69) is 4.98 Å². The predicted molar refractivity (Wildman–Crippen MR) is 52.6 cm³/mol. The van der Waals surface area contributed by atoms with E-state index in [0.29, 0.717) is 5.69 Å². The van der Waals surface area contributed by atoms with Crippen molar-refractivity contribution in [2.45, 2.75) is 0 Å². The molecule has 3 nitrogen and oxygen atoms in total. The number of nitrogens with zero attached hydrogens (tertiary/aromatic N) is 2. The number of rotatable bonds is 1. The summed E-state index contributed by atoms with van der Waals surface area (Å²) in [6, 6.07) is 5.48. The van der Waals surface area contributed by atoms with Crippen molar-refractivity contribution in [1.82, 2.24) is 9.38 Å². The molecule has 2 heterocycles. The lowest BCUT2D eigenvalue weighted by Gasteiger charge is -1.93. The Balaban J connectivity index is 0.000000845. The third-order valence-electron chi connectivity index (χ3n) is 1.62. The maximum atomic E-state index is 10.8. The molecule has 0 aliphatic rings. The van der Waals surface area contributed by atoms with Crippen molar-refractivity contribution in [2.75, 3.05) is 0 Å². The molecule has 0 saturated heterocycles. The molecule has 0 aliphatic heterocycles. The van der Waals surface area contributed by atoms with Crippen LogP contribution in [-0.2, 0) is 0 Å². The number of imidazole rings is 1. The van der Waals surface area contributed by atoms with E-state index in [1.165, 1.54) is 6.20 Å². The van der Waals surface area contributed by atoms with Crippen molar-refractivity contribution in [1.29, 1.82) is 0 Å². The summed E-state index contributed by atoms with van der Waals surface area (Å²) in [5, 5.41) is -0.492. The van der Waals surface area contributed by atoms with Crippen LogP contribution in [0.15, 0.2) is 30.6 Å². The molecule has 0 saturated carbocycles. The van der Waals surface area contributed by atoms with Crippen molar-refractivity contribution < 1.29 is 4.79 Å². The van der Waals surface area contributed by atoms with E-state index in [1.807, 2.05) is 18.2 Å². The first-order valence-corrected chi connectivity index (χ1v) is 3.79. The van der Waals surface area contributed by atoms with Gasteiger partial charge in [0.15, 0.2) is 0 Å². The summed E-state index contributed by atoms with van der Waals surface area (Å²) < 4.78 is 1.65. The molecule has 2 aromatic heterocycles. The zero-order valence-corrected chi connectivity index (χ0v) is 8.05. The molecule has 0 spiro atoms. The number of halogens is 2. The van der Waals surface area contributed by atoms with Gasteiger partial charge in [-0.1, -0.05) is 6.07 Å². The van der Waals surface area contributed by atoms with Crippen LogP contribution in [0.4, 0.5) is 0 Å². The maximum absolute atomic E-state index is 10.8. The fraction of sp³-hybridized carbons (Fsp3) is 0. The molecule has 0 unspecified atom stereocenters. The largest absolute Gasteiger partial charge is 0.296 e. The van der Waals surface area contributed by atoms with Crippen molar-refractivity contribution >= 4 is 34.9 Å². The molecule has 0 radical (unpaired) electrons. The van der Waals surface area contributed by atoms with Gasteiger partial charge >= 0.3 is 0 Å². The topological polar surface area (TPSA) is 34.4 Å². The molecule has 0 amide bonds. The Morgan fingerprint density at radius 1 is 1.46 bits per heavy atom. The molecule has 2 rings (SSSR count). The van der Waals surface area contributed by atoms with Crippen LogP contribution in [0, 0.1) is 0 Å². The van der Waals surface area contributed by atoms with Crippen LogP contribution in [0.5, 0.6) is 0 Å². The summed E-state index contributed by atoms with van der Waals surface area (Å²) in [5.41, 5.74) is 1.12. The summed E-state index contributed by atoms with van der Waals surface area (Å²) in [6.07, 6.45) is 3.21. The fourth-order valence-electron chi connectivity index (χ4n) is 1.08. The van der Waals surface area contributed by atoms with Crippen molar-refractivity contribution in [3.05, 3.63) is 36.3 Å². The van der Waals surface area contributed by atoms with Crippen molar-refractivity contribution in [3.8, 4) is 0 Å². The quantitative estimate of drug-likeness (QED) is 0.685. The normalized spacial score (nSPS) is 9.62. The van der Waals surface area contributed by atoms with Crippen LogP contribution >= 0.6 is 24.0 Å². The molecular formula is C8H6Cl2N2O. The van der Waals surface area contributed by atoms with Gasteiger partial charge in [-0.15, -0.1) is 12.4 Å². The SMILES string of the molecule is Cl.O=C(Cl)c1cnc2ccccn12. The van der Waals surface area contributed by atoms with Crippen LogP contribution in [0.25, 0.3) is 5.65 Å². The summed E-state index contributed by atoms with van der Waals surface area (Å²) in [6.45, 7) is 0. The van der Waals surface area contributed by atoms with Gasteiger partial charge in [0.1, 0.15) is 11.3 Å². The third-order valence-corrected chi connectivity index (χ3v) is 1.81. The standard InChI is InChI=1S/C8H5ClN2O.ClH/c9-8(12)6-5-10-7-3-1-2-4-11(6)7;/h1-5H;1H. The lowest BCUT2D eigenvalue weighted by Crippen LogP contribution is -1.94. The van der Waals surface area contributed by atoms with Gasteiger partial charge in [0, 0.05) is 6.20 Å². The molecule has 0 fully saturated rings. The molecule has 68 valence electrons. The lowest BCUT2D eigenvalue weighted by molar-refractivity contribution is 0.107. The van der Waals surface area contributed by atoms with Gasteiger partial charge in [0.05, 0.1) is 6.20 Å². The van der Waals surface area contributed by atoms with Gasteiger partial charge in [0.25, 0.3) is 5.24 Å². The number of hydrogen-bond donors (Lipinski definition) is 0. The van der Waals surface area contributed by atoms with E-state index in [-0.39, 0.29) is 12.4 Å². The van der Waals surface area contributed by atoms with Gasteiger partial charge < -0.3 is 0 Å². The molecule has 0 N–H and O–H groups in total. The Kier molecular flexibility index (Phi) is 2.90. The number of aromatic nitrogens is 2.